The van der Waals surface area contributed by atoms with E-state index in [1.54, 1.807) is 11.0 Å². The maximum absolute atomic E-state index is 11.9. The monoisotopic (exact) mass is 351 g/mol. The molecule has 1 aromatic rings. The van der Waals surface area contributed by atoms with Crippen molar-refractivity contribution in [3.05, 3.63) is 22.6 Å². The van der Waals surface area contributed by atoms with E-state index in [1.165, 1.54) is 6.26 Å². The first-order chi connectivity index (χ1) is 7.66. The van der Waals surface area contributed by atoms with Crippen LogP contribution in [0.15, 0.2) is 21.4 Å². The molecule has 0 radical (unpaired) electrons. The summed E-state index contributed by atoms with van der Waals surface area (Å²) in [6, 6.07) is 1.68. The number of amides is 1. The zero-order chi connectivity index (χ0) is 12.0. The van der Waals surface area contributed by atoms with E-state index in [2.05, 4.69) is 31.9 Å². The number of hydrogen-bond acceptors (Lipinski definition) is 2. The summed E-state index contributed by atoms with van der Waals surface area (Å²) in [5.41, 5.74) is 0.586. The van der Waals surface area contributed by atoms with E-state index in [-0.39, 0.29) is 5.91 Å². The summed E-state index contributed by atoms with van der Waals surface area (Å²) in [5, 5.41) is 1.03. The average molecular weight is 353 g/mol. The fourth-order valence-corrected chi connectivity index (χ4v) is 2.18. The van der Waals surface area contributed by atoms with Gasteiger partial charge in [-0.05, 0) is 34.8 Å². The quantitative estimate of drug-likeness (QED) is 0.578. The lowest BCUT2D eigenvalue weighted by atomic mass is 10.2. The number of halogens is 2. The third-order valence-electron chi connectivity index (χ3n) is 2.32. The molecule has 16 heavy (non-hydrogen) atoms. The Bertz CT molecular complexity index is 338. The highest BCUT2D eigenvalue weighted by molar-refractivity contribution is 9.10. The molecule has 1 amide bonds. The van der Waals surface area contributed by atoms with Crippen molar-refractivity contribution in [1.82, 2.24) is 4.90 Å². The van der Waals surface area contributed by atoms with Gasteiger partial charge in [0.2, 0.25) is 0 Å². The van der Waals surface area contributed by atoms with Crippen molar-refractivity contribution < 1.29 is 9.21 Å². The van der Waals surface area contributed by atoms with E-state index in [0.29, 0.717) is 10.2 Å². The molecule has 1 heterocycles. The Labute approximate surface area is 112 Å². The van der Waals surface area contributed by atoms with Crippen LogP contribution in [0.25, 0.3) is 0 Å². The number of hydrogen-bond donors (Lipinski definition) is 0. The van der Waals surface area contributed by atoms with Crippen LogP contribution in [0.4, 0.5) is 0 Å². The molecule has 1 rings (SSSR count). The Balaban J connectivity index is 2.40. The zero-order valence-electron chi connectivity index (χ0n) is 9.21. The van der Waals surface area contributed by atoms with E-state index in [4.69, 9.17) is 4.42 Å². The Morgan fingerprint density at radius 2 is 2.19 bits per heavy atom. The molecular formula is C11H15Br2NO2. The first-order valence-electron chi connectivity index (χ1n) is 5.21. The summed E-state index contributed by atoms with van der Waals surface area (Å²) in [5.74, 6) is -0.000493. The van der Waals surface area contributed by atoms with Crippen molar-refractivity contribution in [1.29, 1.82) is 0 Å². The van der Waals surface area contributed by atoms with E-state index < -0.39 is 0 Å². The maximum Gasteiger partial charge on any atom is 0.258 e. The van der Waals surface area contributed by atoms with Gasteiger partial charge in [0.05, 0.1) is 11.8 Å². The minimum Gasteiger partial charge on any atom is -0.457 e. The topological polar surface area (TPSA) is 33.5 Å². The smallest absolute Gasteiger partial charge is 0.258 e. The van der Waals surface area contributed by atoms with Gasteiger partial charge in [0.15, 0.2) is 4.67 Å². The second-order valence-corrected chi connectivity index (χ2v) is 5.10. The Morgan fingerprint density at radius 3 is 2.75 bits per heavy atom. The second-order valence-electron chi connectivity index (χ2n) is 3.58. The molecule has 0 saturated heterocycles. The third-order valence-corrected chi connectivity index (χ3v) is 3.50. The van der Waals surface area contributed by atoms with Crippen molar-refractivity contribution in [3.8, 4) is 0 Å². The highest BCUT2D eigenvalue weighted by Crippen LogP contribution is 2.19. The number of rotatable bonds is 6. The SMILES string of the molecule is CN(CCCCCBr)C(=O)c1ccoc1Br. The first kappa shape index (κ1) is 13.8. The molecule has 0 aliphatic heterocycles. The van der Waals surface area contributed by atoms with Crippen LogP contribution in [0, 0.1) is 0 Å². The lowest BCUT2D eigenvalue weighted by Gasteiger charge is -2.16. The highest BCUT2D eigenvalue weighted by Gasteiger charge is 2.16. The van der Waals surface area contributed by atoms with Crippen molar-refractivity contribution in [2.45, 2.75) is 19.3 Å². The number of furan rings is 1. The fourth-order valence-electron chi connectivity index (χ4n) is 1.37. The molecule has 3 nitrogen and oxygen atoms in total. The van der Waals surface area contributed by atoms with Crippen LogP contribution in [0.5, 0.6) is 0 Å². The van der Waals surface area contributed by atoms with E-state index in [9.17, 15) is 4.79 Å². The number of alkyl halides is 1. The second kappa shape index (κ2) is 7.12. The van der Waals surface area contributed by atoms with Gasteiger partial charge in [-0.3, -0.25) is 4.79 Å². The van der Waals surface area contributed by atoms with Crippen LogP contribution in [-0.4, -0.2) is 29.7 Å². The molecule has 0 atom stereocenters. The summed E-state index contributed by atoms with van der Waals surface area (Å²) < 4.78 is 5.55. The van der Waals surface area contributed by atoms with Gasteiger partial charge in [-0.2, -0.15) is 0 Å². The molecule has 90 valence electrons. The molecule has 0 bridgehead atoms. The van der Waals surface area contributed by atoms with Gasteiger partial charge in [0, 0.05) is 18.9 Å². The third kappa shape index (κ3) is 3.94. The van der Waals surface area contributed by atoms with E-state index >= 15 is 0 Å². The molecular weight excluding hydrogens is 338 g/mol. The zero-order valence-corrected chi connectivity index (χ0v) is 12.4. The number of carbonyl (C=O) groups is 1. The van der Waals surface area contributed by atoms with Crippen LogP contribution >= 0.6 is 31.9 Å². The molecule has 5 heteroatoms. The predicted octanol–water partition coefficient (Wildman–Crippen LogP) is 3.68. The van der Waals surface area contributed by atoms with Crippen LogP contribution in [0.1, 0.15) is 29.6 Å². The summed E-state index contributed by atoms with van der Waals surface area (Å²) in [6.45, 7) is 0.781. The minimum atomic E-state index is -0.000493. The number of carbonyl (C=O) groups excluding carboxylic acids is 1. The van der Waals surface area contributed by atoms with Crippen LogP contribution in [-0.2, 0) is 0 Å². The average Bonchev–Trinajstić information content (AvgIpc) is 2.69. The summed E-state index contributed by atoms with van der Waals surface area (Å²) in [7, 11) is 1.82. The Morgan fingerprint density at radius 1 is 1.44 bits per heavy atom. The predicted molar refractivity (Wildman–Crippen MR) is 71.0 cm³/mol. The summed E-state index contributed by atoms with van der Waals surface area (Å²) in [6.07, 6.45) is 4.83. The van der Waals surface area contributed by atoms with Crippen LogP contribution in [0.3, 0.4) is 0 Å². The molecule has 0 N–H and O–H groups in total. The van der Waals surface area contributed by atoms with Gasteiger partial charge in [-0.1, -0.05) is 22.4 Å². The van der Waals surface area contributed by atoms with Crippen molar-refractivity contribution in [3.63, 3.8) is 0 Å². The lowest BCUT2D eigenvalue weighted by Crippen LogP contribution is -2.27. The van der Waals surface area contributed by atoms with Gasteiger partial charge in [-0.15, -0.1) is 0 Å². The summed E-state index contributed by atoms with van der Waals surface area (Å²) in [4.78, 5) is 13.6. The van der Waals surface area contributed by atoms with Gasteiger partial charge in [0.1, 0.15) is 0 Å². The molecule has 0 fully saturated rings. The normalized spacial score (nSPS) is 10.4. The number of nitrogens with zero attached hydrogens (tertiary/aromatic N) is 1. The minimum absolute atomic E-state index is 0.000493. The van der Waals surface area contributed by atoms with Crippen molar-refractivity contribution >= 4 is 37.8 Å². The van der Waals surface area contributed by atoms with Gasteiger partial charge in [0.25, 0.3) is 5.91 Å². The molecule has 0 aliphatic carbocycles. The van der Waals surface area contributed by atoms with Gasteiger partial charge < -0.3 is 9.32 Å². The van der Waals surface area contributed by atoms with E-state index in [1.807, 2.05) is 7.05 Å². The maximum atomic E-state index is 11.9. The molecule has 0 spiro atoms. The fraction of sp³-hybridized carbons (Fsp3) is 0.545. The standard InChI is InChI=1S/C11H15Br2NO2/c1-14(7-4-2-3-6-12)11(15)9-5-8-16-10(9)13/h5,8H,2-4,6-7H2,1H3. The molecule has 0 aromatic carbocycles. The summed E-state index contributed by atoms with van der Waals surface area (Å²) >= 11 is 6.60. The molecule has 0 aliphatic rings. The van der Waals surface area contributed by atoms with Crippen molar-refractivity contribution in [2.75, 3.05) is 18.9 Å². The number of unbranched alkanes of at least 4 members (excludes halogenated alkanes) is 2. The molecule has 0 saturated carbocycles. The van der Waals surface area contributed by atoms with Gasteiger partial charge >= 0.3 is 0 Å². The first-order valence-corrected chi connectivity index (χ1v) is 7.12. The lowest BCUT2D eigenvalue weighted by molar-refractivity contribution is 0.0791. The molecule has 1 aromatic heterocycles. The largest absolute Gasteiger partial charge is 0.457 e. The molecule has 0 unspecified atom stereocenters. The van der Waals surface area contributed by atoms with Crippen molar-refractivity contribution in [2.24, 2.45) is 0 Å². The Hall–Kier alpha value is -0.290. The highest BCUT2D eigenvalue weighted by atomic mass is 79.9. The van der Waals surface area contributed by atoms with Crippen LogP contribution in [0.2, 0.25) is 0 Å². The van der Waals surface area contributed by atoms with Gasteiger partial charge in [-0.25, -0.2) is 0 Å². The van der Waals surface area contributed by atoms with Crippen LogP contribution < -0.4 is 0 Å². The Kier molecular flexibility index (Phi) is 6.13. The van der Waals surface area contributed by atoms with E-state index in [0.717, 1.165) is 31.1 Å².